The number of carbonyl (C=O) groups is 1. The molecule has 0 aromatic carbocycles. The van der Waals surface area contributed by atoms with Gasteiger partial charge in [-0.2, -0.15) is 0 Å². The number of hydrogen-bond acceptors (Lipinski definition) is 3. The van der Waals surface area contributed by atoms with E-state index in [2.05, 4.69) is 0 Å². The zero-order valence-corrected chi connectivity index (χ0v) is 6.53. The Morgan fingerprint density at radius 3 is 2.73 bits per heavy atom. The Morgan fingerprint density at radius 1 is 1.27 bits per heavy atom. The molecule has 0 bridgehead atoms. The quantitative estimate of drug-likeness (QED) is 0.478. The van der Waals surface area contributed by atoms with Crippen LogP contribution in [0.4, 0.5) is 0 Å². The zero-order chi connectivity index (χ0) is 8.10. The van der Waals surface area contributed by atoms with Crippen LogP contribution in [0, 0.1) is 0 Å². The van der Waals surface area contributed by atoms with Crippen LogP contribution in [-0.4, -0.2) is 23.8 Å². The van der Waals surface area contributed by atoms with E-state index in [0.29, 0.717) is 6.47 Å². The molecule has 64 valence electrons. The minimum Gasteiger partial charge on any atom is -0.462 e. The summed E-state index contributed by atoms with van der Waals surface area (Å²) in [7, 11) is 0. The number of aliphatic hydroxyl groups excluding tert-OH is 1. The molecule has 3 heteroatoms. The lowest BCUT2D eigenvalue weighted by Crippen LogP contribution is -2.27. The lowest BCUT2D eigenvalue weighted by Gasteiger charge is -2.17. The summed E-state index contributed by atoms with van der Waals surface area (Å²) in [5.41, 5.74) is 0. The Kier molecular flexibility index (Phi) is 3.36. The Hall–Kier alpha value is -0.570. The van der Waals surface area contributed by atoms with Crippen molar-refractivity contribution in [2.45, 2.75) is 44.3 Å². The summed E-state index contributed by atoms with van der Waals surface area (Å²) in [4.78, 5) is 10.00. The maximum absolute atomic E-state index is 10.00. The molecule has 0 amide bonds. The van der Waals surface area contributed by atoms with Gasteiger partial charge in [0.05, 0.1) is 6.10 Å². The molecular formula is C8H14O3. The van der Waals surface area contributed by atoms with Gasteiger partial charge >= 0.3 is 0 Å². The van der Waals surface area contributed by atoms with Crippen molar-refractivity contribution in [3.63, 3.8) is 0 Å². The molecule has 1 fully saturated rings. The highest BCUT2D eigenvalue weighted by Gasteiger charge is 2.22. The first kappa shape index (κ1) is 8.53. The van der Waals surface area contributed by atoms with E-state index in [-0.39, 0.29) is 6.10 Å². The second-order valence-electron chi connectivity index (χ2n) is 2.98. The van der Waals surface area contributed by atoms with Gasteiger partial charge in [-0.15, -0.1) is 0 Å². The van der Waals surface area contributed by atoms with E-state index in [1.165, 1.54) is 0 Å². The number of aliphatic hydroxyl groups is 1. The summed E-state index contributed by atoms with van der Waals surface area (Å²) in [6.45, 7) is 0.430. The maximum atomic E-state index is 10.00. The molecule has 0 aromatic rings. The zero-order valence-electron chi connectivity index (χ0n) is 6.53. The van der Waals surface area contributed by atoms with Crippen LogP contribution >= 0.6 is 0 Å². The van der Waals surface area contributed by atoms with Gasteiger partial charge in [0.25, 0.3) is 6.47 Å². The Morgan fingerprint density at radius 2 is 2.00 bits per heavy atom. The van der Waals surface area contributed by atoms with Crippen LogP contribution in [0.1, 0.15) is 32.1 Å². The number of ether oxygens (including phenoxy) is 1. The standard InChI is InChI=1S/C8H14O3/c9-6-11-8-5-3-1-2-4-7(8)10/h6-8,10H,1-5H2/t7-,8-/m1/s1. The first-order chi connectivity index (χ1) is 5.34. The second kappa shape index (κ2) is 4.34. The highest BCUT2D eigenvalue weighted by atomic mass is 16.5. The summed E-state index contributed by atoms with van der Waals surface area (Å²) >= 11 is 0. The third-order valence-electron chi connectivity index (χ3n) is 2.15. The third kappa shape index (κ3) is 2.50. The molecule has 3 nitrogen and oxygen atoms in total. The highest BCUT2D eigenvalue weighted by Crippen LogP contribution is 2.19. The fraction of sp³-hybridized carbons (Fsp3) is 0.875. The van der Waals surface area contributed by atoms with Crippen molar-refractivity contribution in [3.8, 4) is 0 Å². The minimum absolute atomic E-state index is 0.255. The van der Waals surface area contributed by atoms with Gasteiger partial charge in [0.1, 0.15) is 6.10 Å². The molecule has 0 aliphatic heterocycles. The van der Waals surface area contributed by atoms with Crippen LogP contribution in [0.5, 0.6) is 0 Å². The molecule has 1 saturated carbocycles. The molecule has 0 saturated heterocycles. The third-order valence-corrected chi connectivity index (χ3v) is 2.15. The van der Waals surface area contributed by atoms with Gasteiger partial charge in [0, 0.05) is 0 Å². The topological polar surface area (TPSA) is 46.5 Å². The van der Waals surface area contributed by atoms with Crippen LogP contribution in [0.25, 0.3) is 0 Å². The van der Waals surface area contributed by atoms with Gasteiger partial charge in [0.2, 0.25) is 0 Å². The average Bonchev–Trinajstić information content (AvgIpc) is 2.18. The van der Waals surface area contributed by atoms with E-state index in [1.54, 1.807) is 0 Å². The van der Waals surface area contributed by atoms with Crippen LogP contribution in [-0.2, 0) is 9.53 Å². The predicted molar refractivity (Wildman–Crippen MR) is 40.0 cm³/mol. The summed E-state index contributed by atoms with van der Waals surface area (Å²) < 4.78 is 4.74. The maximum Gasteiger partial charge on any atom is 0.293 e. The van der Waals surface area contributed by atoms with Crippen LogP contribution in [0.2, 0.25) is 0 Å². The van der Waals surface area contributed by atoms with Crippen molar-refractivity contribution in [1.82, 2.24) is 0 Å². The van der Waals surface area contributed by atoms with Crippen molar-refractivity contribution in [1.29, 1.82) is 0 Å². The molecule has 0 unspecified atom stereocenters. The first-order valence-corrected chi connectivity index (χ1v) is 4.12. The number of hydrogen-bond donors (Lipinski definition) is 1. The van der Waals surface area contributed by atoms with Crippen LogP contribution in [0.3, 0.4) is 0 Å². The van der Waals surface area contributed by atoms with Crippen molar-refractivity contribution in [2.75, 3.05) is 0 Å². The van der Waals surface area contributed by atoms with Gasteiger partial charge in [-0.25, -0.2) is 0 Å². The van der Waals surface area contributed by atoms with E-state index < -0.39 is 6.10 Å². The Bertz CT molecular complexity index is 125. The smallest absolute Gasteiger partial charge is 0.293 e. The van der Waals surface area contributed by atoms with Crippen LogP contribution in [0.15, 0.2) is 0 Å². The van der Waals surface area contributed by atoms with Crippen LogP contribution < -0.4 is 0 Å². The Balaban J connectivity index is 2.38. The molecule has 0 radical (unpaired) electrons. The first-order valence-electron chi connectivity index (χ1n) is 4.12. The van der Waals surface area contributed by atoms with Gasteiger partial charge in [-0.3, -0.25) is 4.79 Å². The summed E-state index contributed by atoms with van der Waals surface area (Å²) in [5, 5.41) is 9.40. The largest absolute Gasteiger partial charge is 0.462 e. The molecule has 0 spiro atoms. The van der Waals surface area contributed by atoms with Gasteiger partial charge in [0.15, 0.2) is 0 Å². The van der Waals surface area contributed by atoms with Crippen molar-refractivity contribution >= 4 is 6.47 Å². The molecule has 1 N–H and O–H groups in total. The van der Waals surface area contributed by atoms with Gasteiger partial charge in [-0.05, 0) is 19.3 Å². The fourth-order valence-corrected chi connectivity index (χ4v) is 1.48. The summed E-state index contributed by atoms with van der Waals surface area (Å²) in [6, 6.07) is 0. The van der Waals surface area contributed by atoms with Gasteiger partial charge < -0.3 is 9.84 Å². The lowest BCUT2D eigenvalue weighted by atomic mass is 10.1. The number of rotatable bonds is 2. The molecule has 1 aliphatic carbocycles. The monoisotopic (exact) mass is 158 g/mol. The SMILES string of the molecule is O=CO[C@@H]1CCCCC[C@H]1O. The van der Waals surface area contributed by atoms with Crippen molar-refractivity contribution in [3.05, 3.63) is 0 Å². The second-order valence-corrected chi connectivity index (χ2v) is 2.98. The van der Waals surface area contributed by atoms with E-state index in [0.717, 1.165) is 32.1 Å². The minimum atomic E-state index is -0.442. The van der Waals surface area contributed by atoms with E-state index in [4.69, 9.17) is 4.74 Å². The highest BCUT2D eigenvalue weighted by molar-refractivity contribution is 5.37. The number of carbonyl (C=O) groups excluding carboxylic acids is 1. The molecule has 0 aromatic heterocycles. The molecule has 1 aliphatic rings. The molecule has 11 heavy (non-hydrogen) atoms. The molecular weight excluding hydrogens is 144 g/mol. The van der Waals surface area contributed by atoms with E-state index >= 15 is 0 Å². The Labute approximate surface area is 66.4 Å². The average molecular weight is 158 g/mol. The fourth-order valence-electron chi connectivity index (χ4n) is 1.48. The molecule has 2 atom stereocenters. The van der Waals surface area contributed by atoms with Gasteiger partial charge in [-0.1, -0.05) is 12.8 Å². The lowest BCUT2D eigenvalue weighted by molar-refractivity contribution is -0.139. The van der Waals surface area contributed by atoms with Crippen molar-refractivity contribution < 1.29 is 14.6 Å². The normalized spacial score (nSPS) is 32.5. The predicted octanol–water partition coefficient (Wildman–Crippen LogP) is 0.853. The molecule has 1 rings (SSSR count). The summed E-state index contributed by atoms with van der Waals surface area (Å²) in [6.07, 6.45) is 4.10. The summed E-state index contributed by atoms with van der Waals surface area (Å²) in [5.74, 6) is 0. The molecule has 0 heterocycles. The van der Waals surface area contributed by atoms with E-state index in [1.807, 2.05) is 0 Å². The van der Waals surface area contributed by atoms with Crippen molar-refractivity contribution in [2.24, 2.45) is 0 Å². The van der Waals surface area contributed by atoms with E-state index in [9.17, 15) is 9.90 Å².